The van der Waals surface area contributed by atoms with Gasteiger partial charge in [-0.3, -0.25) is 4.79 Å². The highest BCUT2D eigenvalue weighted by Gasteiger charge is 2.35. The zero-order valence-electron chi connectivity index (χ0n) is 14.1. The van der Waals surface area contributed by atoms with Gasteiger partial charge in [0.05, 0.1) is 0 Å². The molecule has 7 heteroatoms. The Kier molecular flexibility index (Phi) is 4.62. The lowest BCUT2D eigenvalue weighted by atomic mass is 9.97. The van der Waals surface area contributed by atoms with Gasteiger partial charge in [-0.15, -0.1) is 0 Å². The molecule has 2 unspecified atom stereocenters. The number of halogens is 1. The van der Waals surface area contributed by atoms with E-state index < -0.39 is 0 Å². The maximum atomic E-state index is 13.1. The van der Waals surface area contributed by atoms with Gasteiger partial charge in [0.25, 0.3) is 5.91 Å². The molecule has 1 aliphatic rings. The van der Waals surface area contributed by atoms with Crippen LogP contribution in [0.3, 0.4) is 0 Å². The highest BCUT2D eigenvalue weighted by molar-refractivity contribution is 5.91. The molecule has 1 fully saturated rings. The molecule has 6 nitrogen and oxygen atoms in total. The summed E-state index contributed by atoms with van der Waals surface area (Å²) in [4.78, 5) is 18.9. The van der Waals surface area contributed by atoms with Gasteiger partial charge >= 0.3 is 0 Å². The van der Waals surface area contributed by atoms with Gasteiger partial charge in [-0.25, -0.2) is 14.1 Å². The number of rotatable bonds is 4. The van der Waals surface area contributed by atoms with Crippen LogP contribution in [-0.2, 0) is 18.4 Å². The summed E-state index contributed by atoms with van der Waals surface area (Å²) in [7, 11) is 3.27. The summed E-state index contributed by atoms with van der Waals surface area (Å²) in [5, 5.41) is 4.20. The number of carbonyl (C=O) groups is 1. The molecule has 0 spiro atoms. The number of benzene rings is 1. The number of carbonyl (C=O) groups excluding carboxylic acids is 1. The van der Waals surface area contributed by atoms with Crippen LogP contribution < -0.4 is 0 Å². The average Bonchev–Trinajstić information content (AvgIpc) is 3.11. The molecule has 0 saturated carbocycles. The van der Waals surface area contributed by atoms with E-state index in [-0.39, 0.29) is 30.3 Å². The molecule has 128 valence electrons. The van der Waals surface area contributed by atoms with Crippen LogP contribution in [0.2, 0.25) is 0 Å². The lowest BCUT2D eigenvalue weighted by Crippen LogP contribution is -2.35. The normalized spacial score (nSPS) is 20.6. The largest absolute Gasteiger partial charge is 0.377 e. The summed E-state index contributed by atoms with van der Waals surface area (Å²) >= 11 is 0. The van der Waals surface area contributed by atoms with Gasteiger partial charge < -0.3 is 9.64 Å². The van der Waals surface area contributed by atoms with Crippen LogP contribution in [0.5, 0.6) is 0 Å². The van der Waals surface area contributed by atoms with Gasteiger partial charge in [0.2, 0.25) is 5.82 Å². The first kappa shape index (κ1) is 16.6. The van der Waals surface area contributed by atoms with E-state index in [0.29, 0.717) is 18.2 Å². The standard InChI is InChI=1S/C17H21FN4O2/c1-11-8-13(12-4-6-14(18)7-5-12)9-22(11)17(23)16-19-15(10-24-3)20-21(16)2/h4-7,11,13H,8-10H2,1-3H3. The van der Waals surface area contributed by atoms with Crippen molar-refractivity contribution in [3.63, 3.8) is 0 Å². The van der Waals surface area contributed by atoms with Crippen molar-refractivity contribution in [2.75, 3.05) is 13.7 Å². The number of ether oxygens (including phenoxy) is 1. The van der Waals surface area contributed by atoms with E-state index in [1.54, 1.807) is 26.3 Å². The van der Waals surface area contributed by atoms with E-state index in [1.807, 2.05) is 11.8 Å². The number of aryl methyl sites for hydroxylation is 1. The van der Waals surface area contributed by atoms with E-state index in [0.717, 1.165) is 12.0 Å². The fourth-order valence-electron chi connectivity index (χ4n) is 3.23. The molecule has 1 aromatic heterocycles. The molecule has 1 aromatic carbocycles. The minimum atomic E-state index is -0.248. The van der Waals surface area contributed by atoms with Crippen molar-refractivity contribution in [2.45, 2.75) is 31.9 Å². The first-order valence-corrected chi connectivity index (χ1v) is 7.95. The Bertz CT molecular complexity index is 729. The van der Waals surface area contributed by atoms with Gasteiger partial charge in [-0.05, 0) is 31.0 Å². The molecule has 24 heavy (non-hydrogen) atoms. The Morgan fingerprint density at radius 3 is 2.75 bits per heavy atom. The maximum absolute atomic E-state index is 13.1. The quantitative estimate of drug-likeness (QED) is 0.860. The van der Waals surface area contributed by atoms with Crippen LogP contribution in [0.4, 0.5) is 4.39 Å². The molecule has 2 heterocycles. The van der Waals surface area contributed by atoms with Gasteiger partial charge in [-0.1, -0.05) is 12.1 Å². The van der Waals surface area contributed by atoms with Crippen LogP contribution in [0.25, 0.3) is 0 Å². The predicted octanol–water partition coefficient (Wildman–Crippen LogP) is 2.12. The van der Waals surface area contributed by atoms with Crippen molar-refractivity contribution in [2.24, 2.45) is 7.05 Å². The SMILES string of the molecule is COCc1nc(C(=O)N2CC(c3ccc(F)cc3)CC2C)n(C)n1. The number of hydrogen-bond donors (Lipinski definition) is 0. The number of likely N-dealkylation sites (tertiary alicyclic amines) is 1. The molecule has 2 aromatic rings. The number of aromatic nitrogens is 3. The molecule has 2 atom stereocenters. The molecule has 0 radical (unpaired) electrons. The van der Waals surface area contributed by atoms with E-state index in [9.17, 15) is 9.18 Å². The smallest absolute Gasteiger partial charge is 0.291 e. The summed E-state index contributed by atoms with van der Waals surface area (Å²) in [5.74, 6) is 0.627. The Morgan fingerprint density at radius 1 is 1.38 bits per heavy atom. The van der Waals surface area contributed by atoms with Crippen molar-refractivity contribution < 1.29 is 13.9 Å². The molecule has 3 rings (SSSR count). The summed E-state index contributed by atoms with van der Waals surface area (Å²) in [6.45, 7) is 2.89. The van der Waals surface area contributed by atoms with Gasteiger partial charge in [0, 0.05) is 32.7 Å². The number of amides is 1. The predicted molar refractivity (Wildman–Crippen MR) is 86.0 cm³/mol. The van der Waals surface area contributed by atoms with Crippen LogP contribution in [0.15, 0.2) is 24.3 Å². The lowest BCUT2D eigenvalue weighted by molar-refractivity contribution is 0.0728. The second-order valence-electron chi connectivity index (χ2n) is 6.20. The van der Waals surface area contributed by atoms with Gasteiger partial charge in [-0.2, -0.15) is 5.10 Å². The first-order valence-electron chi connectivity index (χ1n) is 7.95. The molecular formula is C17H21FN4O2. The van der Waals surface area contributed by atoms with Crippen molar-refractivity contribution in [1.29, 1.82) is 0 Å². The lowest BCUT2D eigenvalue weighted by Gasteiger charge is -2.20. The van der Waals surface area contributed by atoms with Crippen LogP contribution in [-0.4, -0.2) is 45.3 Å². The Balaban J connectivity index is 1.77. The van der Waals surface area contributed by atoms with E-state index in [4.69, 9.17) is 4.74 Å². The zero-order chi connectivity index (χ0) is 17.3. The number of methoxy groups -OCH3 is 1. The molecule has 0 aliphatic carbocycles. The topological polar surface area (TPSA) is 60.2 Å². The first-order chi connectivity index (χ1) is 11.5. The van der Waals surface area contributed by atoms with Crippen LogP contribution in [0.1, 0.15) is 41.3 Å². The molecule has 0 bridgehead atoms. The number of nitrogens with zero attached hydrogens (tertiary/aromatic N) is 4. The molecule has 1 amide bonds. The fourth-order valence-corrected chi connectivity index (χ4v) is 3.23. The summed E-state index contributed by atoms with van der Waals surface area (Å²) in [6.07, 6.45) is 0.847. The second kappa shape index (κ2) is 6.68. The zero-order valence-corrected chi connectivity index (χ0v) is 14.1. The third kappa shape index (κ3) is 3.17. The Labute approximate surface area is 140 Å². The van der Waals surface area contributed by atoms with Crippen LogP contribution >= 0.6 is 0 Å². The second-order valence-corrected chi connectivity index (χ2v) is 6.20. The molecule has 0 N–H and O–H groups in total. The Hall–Kier alpha value is -2.28. The molecular weight excluding hydrogens is 311 g/mol. The molecule has 1 aliphatic heterocycles. The fraction of sp³-hybridized carbons (Fsp3) is 0.471. The van der Waals surface area contributed by atoms with Crippen molar-refractivity contribution in [3.8, 4) is 0 Å². The van der Waals surface area contributed by atoms with E-state index in [1.165, 1.54) is 16.8 Å². The summed E-state index contributed by atoms with van der Waals surface area (Å²) in [6, 6.07) is 6.60. The number of hydrogen-bond acceptors (Lipinski definition) is 4. The highest BCUT2D eigenvalue weighted by atomic mass is 19.1. The summed E-state index contributed by atoms with van der Waals surface area (Å²) < 4.78 is 19.6. The monoisotopic (exact) mass is 332 g/mol. The Morgan fingerprint density at radius 2 is 2.08 bits per heavy atom. The van der Waals surface area contributed by atoms with Crippen LogP contribution in [0, 0.1) is 5.82 Å². The van der Waals surface area contributed by atoms with Crippen molar-refractivity contribution in [1.82, 2.24) is 19.7 Å². The summed E-state index contributed by atoms with van der Waals surface area (Å²) in [5.41, 5.74) is 1.05. The average molecular weight is 332 g/mol. The minimum absolute atomic E-state index is 0.0927. The minimum Gasteiger partial charge on any atom is -0.377 e. The van der Waals surface area contributed by atoms with Crippen molar-refractivity contribution in [3.05, 3.63) is 47.3 Å². The highest BCUT2D eigenvalue weighted by Crippen LogP contribution is 2.32. The third-order valence-electron chi connectivity index (χ3n) is 4.45. The molecule has 1 saturated heterocycles. The van der Waals surface area contributed by atoms with Gasteiger partial charge in [0.1, 0.15) is 12.4 Å². The van der Waals surface area contributed by atoms with Gasteiger partial charge in [0.15, 0.2) is 5.82 Å². The van der Waals surface area contributed by atoms with Crippen molar-refractivity contribution >= 4 is 5.91 Å². The van der Waals surface area contributed by atoms with E-state index >= 15 is 0 Å². The third-order valence-corrected chi connectivity index (χ3v) is 4.45. The maximum Gasteiger partial charge on any atom is 0.291 e. The van der Waals surface area contributed by atoms with E-state index in [2.05, 4.69) is 10.1 Å².